The summed E-state index contributed by atoms with van der Waals surface area (Å²) in [4.78, 5) is 0. The molecule has 0 fully saturated rings. The van der Waals surface area contributed by atoms with Gasteiger partial charge in [-0.25, -0.2) is 8.78 Å². The van der Waals surface area contributed by atoms with Crippen LogP contribution in [-0.4, -0.2) is 5.16 Å². The summed E-state index contributed by atoms with van der Waals surface area (Å²) in [6.07, 6.45) is 1.23. The van der Waals surface area contributed by atoms with Crippen LogP contribution in [0.1, 0.15) is 0 Å². The number of nitrogens with zero attached hydrogens (tertiary/aromatic N) is 1. The van der Waals surface area contributed by atoms with Crippen LogP contribution >= 0.6 is 11.6 Å². The number of benzene rings is 1. The number of halogens is 3. The highest BCUT2D eigenvalue weighted by molar-refractivity contribution is 6.31. The number of aromatic nitrogens is 1. The predicted octanol–water partition coefficient (Wildman–Crippen LogP) is 3.27. The molecule has 2 rings (SSSR count). The van der Waals surface area contributed by atoms with Crippen molar-refractivity contribution in [2.24, 2.45) is 0 Å². The van der Waals surface area contributed by atoms with Crippen LogP contribution in [0.3, 0.4) is 0 Å². The largest absolute Gasteiger partial charge is 0.364 e. The zero-order valence-electron chi connectivity index (χ0n) is 6.80. The molecule has 0 aliphatic rings. The molecular weight excluding hydrogens is 212 g/mol. The molecular formula is C9H4ClF2NO. The molecule has 0 unspecified atom stereocenters. The maximum Gasteiger partial charge on any atom is 0.154 e. The molecule has 72 valence electrons. The SMILES string of the molecule is Fc1ccc(Cl)c(F)c1-c1ccon1. The average Bonchev–Trinajstić information content (AvgIpc) is 2.65. The summed E-state index contributed by atoms with van der Waals surface area (Å²) in [5, 5.41) is 3.29. The Morgan fingerprint density at radius 3 is 2.64 bits per heavy atom. The molecule has 0 aliphatic carbocycles. The van der Waals surface area contributed by atoms with Gasteiger partial charge in [0.05, 0.1) is 10.6 Å². The van der Waals surface area contributed by atoms with Crippen molar-refractivity contribution in [3.8, 4) is 11.3 Å². The van der Waals surface area contributed by atoms with Crippen LogP contribution in [0.15, 0.2) is 29.0 Å². The van der Waals surface area contributed by atoms with Gasteiger partial charge in [-0.1, -0.05) is 16.8 Å². The van der Waals surface area contributed by atoms with Crippen LogP contribution in [-0.2, 0) is 0 Å². The summed E-state index contributed by atoms with van der Waals surface area (Å²) in [7, 11) is 0. The minimum Gasteiger partial charge on any atom is -0.364 e. The van der Waals surface area contributed by atoms with Gasteiger partial charge in [-0.15, -0.1) is 0 Å². The topological polar surface area (TPSA) is 26.0 Å². The maximum atomic E-state index is 13.4. The van der Waals surface area contributed by atoms with E-state index >= 15 is 0 Å². The Balaban J connectivity index is 2.69. The lowest BCUT2D eigenvalue weighted by Gasteiger charge is -2.01. The summed E-state index contributed by atoms with van der Waals surface area (Å²) in [5.41, 5.74) is -0.186. The highest BCUT2D eigenvalue weighted by atomic mass is 35.5. The van der Waals surface area contributed by atoms with Crippen LogP contribution in [0.25, 0.3) is 11.3 Å². The van der Waals surface area contributed by atoms with Crippen molar-refractivity contribution in [2.75, 3.05) is 0 Å². The first-order chi connectivity index (χ1) is 6.70. The average molecular weight is 216 g/mol. The third kappa shape index (κ3) is 1.37. The zero-order valence-corrected chi connectivity index (χ0v) is 7.55. The number of hydrogen-bond acceptors (Lipinski definition) is 2. The van der Waals surface area contributed by atoms with Crippen molar-refractivity contribution in [1.29, 1.82) is 0 Å². The molecule has 1 aromatic heterocycles. The van der Waals surface area contributed by atoms with Gasteiger partial charge < -0.3 is 4.52 Å². The smallest absolute Gasteiger partial charge is 0.154 e. The van der Waals surface area contributed by atoms with Crippen molar-refractivity contribution in [2.45, 2.75) is 0 Å². The first-order valence-electron chi connectivity index (χ1n) is 3.74. The monoisotopic (exact) mass is 215 g/mol. The van der Waals surface area contributed by atoms with E-state index in [2.05, 4.69) is 9.68 Å². The fourth-order valence-electron chi connectivity index (χ4n) is 1.10. The molecule has 1 heterocycles. The van der Waals surface area contributed by atoms with Gasteiger partial charge in [-0.2, -0.15) is 0 Å². The number of hydrogen-bond donors (Lipinski definition) is 0. The summed E-state index contributed by atoms with van der Waals surface area (Å²) >= 11 is 5.50. The van der Waals surface area contributed by atoms with Gasteiger partial charge in [0.15, 0.2) is 5.82 Å². The Morgan fingerprint density at radius 1 is 1.21 bits per heavy atom. The lowest BCUT2D eigenvalue weighted by Crippen LogP contribution is -1.90. The lowest BCUT2D eigenvalue weighted by molar-refractivity contribution is 0.421. The molecule has 0 saturated carbocycles. The van der Waals surface area contributed by atoms with E-state index in [9.17, 15) is 8.78 Å². The Hall–Kier alpha value is -1.42. The highest BCUT2D eigenvalue weighted by Crippen LogP contribution is 2.28. The van der Waals surface area contributed by atoms with E-state index in [1.807, 2.05) is 0 Å². The van der Waals surface area contributed by atoms with Crippen molar-refractivity contribution in [1.82, 2.24) is 5.16 Å². The molecule has 2 aromatic rings. The molecule has 0 amide bonds. The van der Waals surface area contributed by atoms with Crippen LogP contribution < -0.4 is 0 Å². The van der Waals surface area contributed by atoms with Gasteiger partial charge in [0, 0.05) is 6.07 Å². The maximum absolute atomic E-state index is 13.4. The van der Waals surface area contributed by atoms with Crippen LogP contribution in [0.4, 0.5) is 8.78 Å². The molecule has 5 heteroatoms. The van der Waals surface area contributed by atoms with E-state index in [-0.39, 0.29) is 16.3 Å². The Labute approximate surface area is 83.1 Å². The van der Waals surface area contributed by atoms with E-state index in [0.717, 1.165) is 12.1 Å². The second-order valence-corrected chi connectivity index (χ2v) is 3.01. The third-order valence-corrected chi connectivity index (χ3v) is 2.03. The second kappa shape index (κ2) is 3.38. The molecule has 0 spiro atoms. The van der Waals surface area contributed by atoms with E-state index < -0.39 is 11.6 Å². The molecule has 0 saturated heterocycles. The third-order valence-electron chi connectivity index (χ3n) is 1.74. The molecule has 0 aliphatic heterocycles. The molecule has 0 radical (unpaired) electrons. The van der Waals surface area contributed by atoms with Gasteiger partial charge >= 0.3 is 0 Å². The van der Waals surface area contributed by atoms with Crippen molar-refractivity contribution < 1.29 is 13.3 Å². The first kappa shape index (κ1) is 9.15. The second-order valence-electron chi connectivity index (χ2n) is 2.60. The van der Waals surface area contributed by atoms with Crippen molar-refractivity contribution >= 4 is 11.6 Å². The van der Waals surface area contributed by atoms with Gasteiger partial charge in [0.1, 0.15) is 17.8 Å². The minimum absolute atomic E-state index is 0.0856. The number of rotatable bonds is 1. The summed E-state index contributed by atoms with van der Waals surface area (Å²) in [6.45, 7) is 0. The van der Waals surface area contributed by atoms with E-state index in [4.69, 9.17) is 11.6 Å². The quantitative estimate of drug-likeness (QED) is 0.683. The highest BCUT2D eigenvalue weighted by Gasteiger charge is 2.16. The Bertz CT molecular complexity index is 456. The first-order valence-corrected chi connectivity index (χ1v) is 4.12. The summed E-state index contributed by atoms with van der Waals surface area (Å²) in [5.74, 6) is -1.55. The zero-order chi connectivity index (χ0) is 10.1. The molecule has 2 nitrogen and oxygen atoms in total. The standard InChI is InChI=1S/C9H4ClF2NO/c10-5-1-2-6(11)8(9(5)12)7-3-4-14-13-7/h1-4H. The van der Waals surface area contributed by atoms with Gasteiger partial charge in [-0.3, -0.25) is 0 Å². The van der Waals surface area contributed by atoms with E-state index in [1.54, 1.807) is 0 Å². The lowest BCUT2D eigenvalue weighted by atomic mass is 10.1. The van der Waals surface area contributed by atoms with Gasteiger partial charge in [0.25, 0.3) is 0 Å². The molecule has 1 aromatic carbocycles. The van der Waals surface area contributed by atoms with Crippen LogP contribution in [0, 0.1) is 11.6 Å². The Morgan fingerprint density at radius 2 is 2.00 bits per heavy atom. The minimum atomic E-state index is -0.833. The normalized spacial score (nSPS) is 10.5. The van der Waals surface area contributed by atoms with E-state index in [0.29, 0.717) is 0 Å². The fourth-order valence-corrected chi connectivity index (χ4v) is 1.26. The van der Waals surface area contributed by atoms with Crippen LogP contribution in [0.5, 0.6) is 0 Å². The van der Waals surface area contributed by atoms with E-state index in [1.165, 1.54) is 12.3 Å². The van der Waals surface area contributed by atoms with Crippen molar-refractivity contribution in [3.05, 3.63) is 41.1 Å². The summed E-state index contributed by atoms with van der Waals surface area (Å²) < 4.78 is 31.1. The molecule has 0 bridgehead atoms. The van der Waals surface area contributed by atoms with Gasteiger partial charge in [0.2, 0.25) is 0 Å². The van der Waals surface area contributed by atoms with Gasteiger partial charge in [-0.05, 0) is 12.1 Å². The summed E-state index contributed by atoms with van der Waals surface area (Å²) in [6, 6.07) is 3.59. The molecule has 0 N–H and O–H groups in total. The van der Waals surface area contributed by atoms with Crippen molar-refractivity contribution in [3.63, 3.8) is 0 Å². The fraction of sp³-hybridized carbons (Fsp3) is 0. The van der Waals surface area contributed by atoms with Crippen LogP contribution in [0.2, 0.25) is 5.02 Å². The molecule has 14 heavy (non-hydrogen) atoms. The Kier molecular flexibility index (Phi) is 2.21. The molecule has 0 atom stereocenters. The predicted molar refractivity (Wildman–Crippen MR) is 46.9 cm³/mol.